The van der Waals surface area contributed by atoms with E-state index in [-0.39, 0.29) is 22.8 Å². The van der Waals surface area contributed by atoms with Gasteiger partial charge in [0.25, 0.3) is 5.91 Å². The van der Waals surface area contributed by atoms with Crippen LogP contribution in [0.2, 0.25) is 5.02 Å². The highest BCUT2D eigenvalue weighted by molar-refractivity contribution is 6.30. The standard InChI is InChI=1S/C20H20ClFN2O4/c1-20(2,3)18(27)12-10-23-6-7-24(19(28)15(23)17(26)16(12)25)9-11-4-5-14(22)13(21)8-11/h4-5,8,10,26H,6-7,9H2,1-3H3. The van der Waals surface area contributed by atoms with Crippen LogP contribution in [0.3, 0.4) is 0 Å². The third-order valence-corrected chi connectivity index (χ3v) is 4.93. The fourth-order valence-corrected chi connectivity index (χ4v) is 3.31. The van der Waals surface area contributed by atoms with Crippen molar-refractivity contribution in [2.24, 2.45) is 5.41 Å². The van der Waals surface area contributed by atoms with Crippen molar-refractivity contribution >= 4 is 23.3 Å². The molecule has 2 aromatic rings. The van der Waals surface area contributed by atoms with Crippen LogP contribution < -0.4 is 5.43 Å². The Morgan fingerprint density at radius 3 is 2.54 bits per heavy atom. The number of halogens is 2. The lowest BCUT2D eigenvalue weighted by molar-refractivity contribution is 0.0680. The Morgan fingerprint density at radius 1 is 1.25 bits per heavy atom. The zero-order valence-electron chi connectivity index (χ0n) is 15.8. The molecule has 0 unspecified atom stereocenters. The van der Waals surface area contributed by atoms with Crippen LogP contribution >= 0.6 is 11.6 Å². The molecule has 1 aromatic carbocycles. The minimum atomic E-state index is -0.855. The molecular formula is C20H20ClFN2O4. The van der Waals surface area contributed by atoms with E-state index < -0.39 is 34.1 Å². The number of carbonyl (C=O) groups is 2. The van der Waals surface area contributed by atoms with E-state index in [0.717, 1.165) is 0 Å². The number of rotatable bonds is 3. The van der Waals surface area contributed by atoms with Gasteiger partial charge >= 0.3 is 0 Å². The van der Waals surface area contributed by atoms with E-state index in [0.29, 0.717) is 18.7 Å². The summed E-state index contributed by atoms with van der Waals surface area (Å²) in [6.07, 6.45) is 1.34. The van der Waals surface area contributed by atoms with Gasteiger partial charge < -0.3 is 14.6 Å². The number of hydrogen-bond acceptors (Lipinski definition) is 4. The number of fused-ring (bicyclic) bond motifs is 1. The molecule has 0 atom stereocenters. The van der Waals surface area contributed by atoms with Gasteiger partial charge in [-0.1, -0.05) is 38.4 Å². The minimum Gasteiger partial charge on any atom is -0.503 e. The molecular weight excluding hydrogens is 387 g/mol. The van der Waals surface area contributed by atoms with Gasteiger partial charge in [-0.2, -0.15) is 0 Å². The summed E-state index contributed by atoms with van der Waals surface area (Å²) in [7, 11) is 0. The molecule has 0 radical (unpaired) electrons. The third kappa shape index (κ3) is 3.54. The topological polar surface area (TPSA) is 79.6 Å². The molecule has 3 rings (SSSR count). The van der Waals surface area contributed by atoms with Gasteiger partial charge in [0.1, 0.15) is 5.82 Å². The van der Waals surface area contributed by atoms with Crippen molar-refractivity contribution in [2.45, 2.75) is 33.9 Å². The second-order valence-corrected chi connectivity index (χ2v) is 8.22. The molecule has 1 N–H and O–H groups in total. The van der Waals surface area contributed by atoms with Gasteiger partial charge in [-0.05, 0) is 17.7 Å². The molecule has 0 saturated heterocycles. The first-order chi connectivity index (χ1) is 13.0. The molecule has 1 aromatic heterocycles. The second kappa shape index (κ2) is 7.05. The van der Waals surface area contributed by atoms with Crippen LogP contribution in [-0.4, -0.2) is 32.8 Å². The van der Waals surface area contributed by atoms with E-state index >= 15 is 0 Å². The SMILES string of the molecule is CC(C)(C)C(=O)c1cn2c(c(O)c1=O)C(=O)N(Cc1ccc(F)c(Cl)c1)CC2. The van der Waals surface area contributed by atoms with Crippen LogP contribution in [0, 0.1) is 11.2 Å². The van der Waals surface area contributed by atoms with Gasteiger partial charge in [0.15, 0.2) is 17.2 Å². The van der Waals surface area contributed by atoms with Crippen molar-refractivity contribution in [3.63, 3.8) is 0 Å². The number of amides is 1. The van der Waals surface area contributed by atoms with E-state index in [4.69, 9.17) is 11.6 Å². The number of hydrogen-bond donors (Lipinski definition) is 1. The molecule has 28 heavy (non-hydrogen) atoms. The van der Waals surface area contributed by atoms with Crippen LogP contribution in [-0.2, 0) is 13.1 Å². The fraction of sp³-hybridized carbons (Fsp3) is 0.350. The zero-order chi connectivity index (χ0) is 20.8. The number of carbonyl (C=O) groups excluding carboxylic acids is 2. The number of pyridine rings is 1. The van der Waals surface area contributed by atoms with Crippen LogP contribution in [0.4, 0.5) is 4.39 Å². The largest absolute Gasteiger partial charge is 0.503 e. The van der Waals surface area contributed by atoms with Gasteiger partial charge in [-0.15, -0.1) is 0 Å². The first-order valence-electron chi connectivity index (χ1n) is 8.75. The van der Waals surface area contributed by atoms with Crippen molar-refractivity contribution in [2.75, 3.05) is 6.54 Å². The summed E-state index contributed by atoms with van der Waals surface area (Å²) in [4.78, 5) is 39.3. The molecule has 148 valence electrons. The third-order valence-electron chi connectivity index (χ3n) is 4.64. The summed E-state index contributed by atoms with van der Waals surface area (Å²) in [5.74, 6) is -2.24. The number of aromatic hydroxyl groups is 1. The highest BCUT2D eigenvalue weighted by Crippen LogP contribution is 2.26. The Morgan fingerprint density at radius 2 is 1.93 bits per heavy atom. The van der Waals surface area contributed by atoms with Crippen molar-refractivity contribution in [3.8, 4) is 5.75 Å². The summed E-state index contributed by atoms with van der Waals surface area (Å²) in [5, 5.41) is 10.3. The average Bonchev–Trinajstić information content (AvgIpc) is 2.62. The number of benzene rings is 1. The summed E-state index contributed by atoms with van der Waals surface area (Å²) < 4.78 is 14.8. The Labute approximate surface area is 166 Å². The van der Waals surface area contributed by atoms with E-state index in [1.165, 1.54) is 33.9 Å². The normalized spacial score (nSPS) is 14.2. The van der Waals surface area contributed by atoms with Gasteiger partial charge in [-0.25, -0.2) is 4.39 Å². The fourth-order valence-electron chi connectivity index (χ4n) is 3.11. The first-order valence-corrected chi connectivity index (χ1v) is 9.13. The van der Waals surface area contributed by atoms with Crippen LogP contribution in [0.25, 0.3) is 0 Å². The second-order valence-electron chi connectivity index (χ2n) is 7.82. The van der Waals surface area contributed by atoms with Crippen LogP contribution in [0.1, 0.15) is 47.2 Å². The molecule has 0 bridgehead atoms. The summed E-state index contributed by atoms with van der Waals surface area (Å²) >= 11 is 5.78. The van der Waals surface area contributed by atoms with Gasteiger partial charge in [0, 0.05) is 31.2 Å². The minimum absolute atomic E-state index is 0.0493. The average molecular weight is 407 g/mol. The van der Waals surface area contributed by atoms with E-state index in [9.17, 15) is 23.9 Å². The lowest BCUT2D eigenvalue weighted by atomic mass is 9.86. The molecule has 0 saturated carbocycles. The van der Waals surface area contributed by atoms with E-state index in [2.05, 4.69) is 0 Å². The highest BCUT2D eigenvalue weighted by Gasteiger charge is 2.33. The molecule has 1 aliphatic rings. The Balaban J connectivity index is 1.96. The zero-order valence-corrected chi connectivity index (χ0v) is 16.5. The molecule has 8 heteroatoms. The Hall–Kier alpha value is -2.67. The van der Waals surface area contributed by atoms with Crippen molar-refractivity contribution < 1.29 is 19.1 Å². The maximum atomic E-state index is 13.3. The predicted molar refractivity (Wildman–Crippen MR) is 102 cm³/mol. The lowest BCUT2D eigenvalue weighted by Gasteiger charge is -2.31. The van der Waals surface area contributed by atoms with Crippen LogP contribution in [0.5, 0.6) is 5.75 Å². The number of ketones is 1. The summed E-state index contributed by atoms with van der Waals surface area (Å²) in [6.45, 7) is 5.78. The van der Waals surface area contributed by atoms with E-state index in [1.807, 2.05) is 0 Å². The monoisotopic (exact) mass is 406 g/mol. The first kappa shape index (κ1) is 20.1. The molecule has 0 spiro atoms. The van der Waals surface area contributed by atoms with Gasteiger partial charge in [0.2, 0.25) is 5.43 Å². The maximum Gasteiger partial charge on any atom is 0.274 e. The lowest BCUT2D eigenvalue weighted by Crippen LogP contribution is -2.42. The maximum absolute atomic E-state index is 13.3. The Bertz CT molecular complexity index is 1040. The molecule has 1 aliphatic heterocycles. The van der Waals surface area contributed by atoms with E-state index in [1.54, 1.807) is 20.8 Å². The number of nitrogens with zero attached hydrogens (tertiary/aromatic N) is 2. The highest BCUT2D eigenvalue weighted by atomic mass is 35.5. The molecule has 1 amide bonds. The predicted octanol–water partition coefficient (Wildman–Crippen LogP) is 3.23. The Kier molecular flexibility index (Phi) is 5.06. The molecule has 0 fully saturated rings. The molecule has 0 aliphatic carbocycles. The summed E-state index contributed by atoms with van der Waals surface area (Å²) in [5.41, 5.74) is -1.33. The molecule has 2 heterocycles. The van der Waals surface area contributed by atoms with Crippen molar-refractivity contribution in [3.05, 3.63) is 62.3 Å². The van der Waals surface area contributed by atoms with Crippen LogP contribution in [0.15, 0.2) is 29.2 Å². The quantitative estimate of drug-likeness (QED) is 0.793. The number of Topliss-reactive ketones (excluding diaryl/α,β-unsaturated/α-hetero) is 1. The van der Waals surface area contributed by atoms with Crippen molar-refractivity contribution in [1.82, 2.24) is 9.47 Å². The van der Waals surface area contributed by atoms with Crippen molar-refractivity contribution in [1.29, 1.82) is 0 Å². The van der Waals surface area contributed by atoms with Gasteiger partial charge in [-0.3, -0.25) is 14.4 Å². The van der Waals surface area contributed by atoms with Gasteiger partial charge in [0.05, 0.1) is 10.6 Å². The summed E-state index contributed by atoms with van der Waals surface area (Å²) in [6, 6.07) is 4.16. The smallest absolute Gasteiger partial charge is 0.274 e. The molecule has 6 nitrogen and oxygen atoms in total. The number of aromatic nitrogens is 1.